The van der Waals surface area contributed by atoms with E-state index in [0.29, 0.717) is 17.7 Å². The molecule has 2 fully saturated rings. The molecule has 0 amide bonds. The lowest BCUT2D eigenvalue weighted by Crippen LogP contribution is -2.53. The van der Waals surface area contributed by atoms with E-state index in [1.54, 1.807) is 7.05 Å². The molecule has 1 saturated carbocycles. The lowest BCUT2D eigenvalue weighted by Gasteiger charge is -2.45. The number of hydrogen-bond acceptors (Lipinski definition) is 3. The van der Waals surface area contributed by atoms with Gasteiger partial charge in [-0.3, -0.25) is 4.99 Å². The Morgan fingerprint density at radius 2 is 2.04 bits per heavy atom. The number of guanidine groups is 1. The third kappa shape index (κ3) is 6.35. The maximum absolute atomic E-state index is 12.0. The summed E-state index contributed by atoms with van der Waals surface area (Å²) in [4.78, 5) is 6.65. The Kier molecular flexibility index (Phi) is 7.53. The minimum absolute atomic E-state index is 0.100. The molecule has 0 aromatic heterocycles. The molecule has 0 unspecified atom stereocenters. The van der Waals surface area contributed by atoms with Gasteiger partial charge in [0.05, 0.1) is 0 Å². The first-order valence-corrected chi connectivity index (χ1v) is 9.67. The van der Waals surface area contributed by atoms with Crippen molar-refractivity contribution in [1.82, 2.24) is 10.2 Å². The topological polar surface area (TPSA) is 36.9 Å². The summed E-state index contributed by atoms with van der Waals surface area (Å²) < 4.78 is 41.0. The minimum Gasteiger partial charge on any atom is -0.372 e. The van der Waals surface area contributed by atoms with Gasteiger partial charge in [0.15, 0.2) is 5.96 Å². The highest BCUT2D eigenvalue weighted by molar-refractivity contribution is 8.00. The molecular weight excluding hydrogens is 339 g/mol. The Hall–Kier alpha value is -0.630. The second-order valence-corrected chi connectivity index (χ2v) is 8.07. The number of rotatable bonds is 5. The monoisotopic (exact) mass is 367 g/mol. The quantitative estimate of drug-likeness (QED) is 0.460. The SMILES string of the molecule is CN=C(NCCCOCC(F)(F)F)N1CCSC2(CCCCC2)C1. The van der Waals surface area contributed by atoms with Gasteiger partial charge in [0.1, 0.15) is 6.61 Å². The molecule has 1 heterocycles. The molecule has 1 saturated heterocycles. The van der Waals surface area contributed by atoms with Gasteiger partial charge in [0, 0.05) is 43.8 Å². The van der Waals surface area contributed by atoms with Gasteiger partial charge in [-0.15, -0.1) is 0 Å². The van der Waals surface area contributed by atoms with Crippen LogP contribution in [0.3, 0.4) is 0 Å². The Bertz CT molecular complexity index is 406. The first-order valence-electron chi connectivity index (χ1n) is 8.68. The van der Waals surface area contributed by atoms with Crippen LogP contribution in [0.15, 0.2) is 4.99 Å². The zero-order valence-corrected chi connectivity index (χ0v) is 15.1. The number of thioether (sulfide) groups is 1. The highest BCUT2D eigenvalue weighted by atomic mass is 32.2. The summed E-state index contributed by atoms with van der Waals surface area (Å²) in [5.74, 6) is 1.96. The van der Waals surface area contributed by atoms with E-state index in [0.717, 1.165) is 24.8 Å². The summed E-state index contributed by atoms with van der Waals surface area (Å²) in [5.41, 5.74) is 0. The van der Waals surface area contributed by atoms with Crippen molar-refractivity contribution in [1.29, 1.82) is 0 Å². The van der Waals surface area contributed by atoms with E-state index >= 15 is 0 Å². The fraction of sp³-hybridized carbons (Fsp3) is 0.938. The van der Waals surface area contributed by atoms with Gasteiger partial charge in [-0.2, -0.15) is 24.9 Å². The molecule has 0 bridgehead atoms. The van der Waals surface area contributed by atoms with Crippen LogP contribution in [0.25, 0.3) is 0 Å². The summed E-state index contributed by atoms with van der Waals surface area (Å²) in [7, 11) is 1.76. The molecule has 1 aliphatic heterocycles. The van der Waals surface area contributed by atoms with E-state index in [4.69, 9.17) is 0 Å². The van der Waals surface area contributed by atoms with Crippen molar-refractivity contribution in [3.05, 3.63) is 0 Å². The Balaban J connectivity index is 1.71. The lowest BCUT2D eigenvalue weighted by atomic mass is 9.87. The van der Waals surface area contributed by atoms with Crippen LogP contribution >= 0.6 is 11.8 Å². The molecule has 2 aliphatic rings. The number of alkyl halides is 3. The Labute approximate surface area is 146 Å². The zero-order valence-electron chi connectivity index (χ0n) is 14.3. The van der Waals surface area contributed by atoms with Crippen LogP contribution in [-0.2, 0) is 4.74 Å². The van der Waals surface area contributed by atoms with Crippen molar-refractivity contribution in [2.75, 3.05) is 45.6 Å². The fourth-order valence-electron chi connectivity index (χ4n) is 3.42. The van der Waals surface area contributed by atoms with Crippen LogP contribution in [0.5, 0.6) is 0 Å². The maximum Gasteiger partial charge on any atom is 0.411 e. The predicted octanol–water partition coefficient (Wildman–Crippen LogP) is 3.28. The normalized spacial score (nSPS) is 22.0. The minimum atomic E-state index is -4.25. The average molecular weight is 367 g/mol. The number of hydrogen-bond donors (Lipinski definition) is 1. The summed E-state index contributed by atoms with van der Waals surface area (Å²) in [6.07, 6.45) is 2.79. The Morgan fingerprint density at radius 3 is 2.71 bits per heavy atom. The molecule has 8 heteroatoms. The van der Waals surface area contributed by atoms with Crippen LogP contribution in [-0.4, -0.2) is 67.4 Å². The van der Waals surface area contributed by atoms with Gasteiger partial charge in [0.2, 0.25) is 0 Å². The van der Waals surface area contributed by atoms with Crippen LogP contribution in [0, 0.1) is 0 Å². The number of nitrogens with one attached hydrogen (secondary N) is 1. The fourth-order valence-corrected chi connectivity index (χ4v) is 4.99. The third-order valence-electron chi connectivity index (χ3n) is 4.54. The molecule has 140 valence electrons. The van der Waals surface area contributed by atoms with E-state index < -0.39 is 12.8 Å². The number of aliphatic imine (C=N–C) groups is 1. The molecule has 0 aromatic rings. The second kappa shape index (κ2) is 9.17. The van der Waals surface area contributed by atoms with Gasteiger partial charge in [-0.1, -0.05) is 19.3 Å². The van der Waals surface area contributed by atoms with E-state index in [2.05, 4.69) is 31.7 Å². The van der Waals surface area contributed by atoms with Gasteiger partial charge < -0.3 is 15.0 Å². The van der Waals surface area contributed by atoms with Crippen molar-refractivity contribution < 1.29 is 17.9 Å². The van der Waals surface area contributed by atoms with E-state index in [9.17, 15) is 13.2 Å². The molecule has 24 heavy (non-hydrogen) atoms. The van der Waals surface area contributed by atoms with Gasteiger partial charge >= 0.3 is 6.18 Å². The molecule has 0 aromatic carbocycles. The summed E-state index contributed by atoms with van der Waals surface area (Å²) in [5, 5.41) is 3.26. The molecule has 2 rings (SSSR count). The highest BCUT2D eigenvalue weighted by Gasteiger charge is 2.38. The molecule has 0 atom stereocenters. The third-order valence-corrected chi connectivity index (χ3v) is 6.08. The van der Waals surface area contributed by atoms with Crippen molar-refractivity contribution in [2.45, 2.75) is 49.4 Å². The van der Waals surface area contributed by atoms with Crippen LogP contribution in [0.2, 0.25) is 0 Å². The van der Waals surface area contributed by atoms with Crippen molar-refractivity contribution in [2.24, 2.45) is 4.99 Å². The number of halogens is 3. The largest absolute Gasteiger partial charge is 0.411 e. The van der Waals surface area contributed by atoms with E-state index in [-0.39, 0.29) is 6.61 Å². The zero-order chi connectivity index (χ0) is 17.5. The summed E-state index contributed by atoms with van der Waals surface area (Å²) in [6, 6.07) is 0. The molecule has 1 spiro atoms. The molecular formula is C16H28F3N3OS. The first kappa shape index (κ1) is 19.7. The van der Waals surface area contributed by atoms with Gasteiger partial charge in [-0.05, 0) is 19.3 Å². The van der Waals surface area contributed by atoms with Crippen LogP contribution in [0.1, 0.15) is 38.5 Å². The molecule has 4 nitrogen and oxygen atoms in total. The van der Waals surface area contributed by atoms with E-state index in [1.807, 2.05) is 0 Å². The first-order chi connectivity index (χ1) is 11.4. The predicted molar refractivity (Wildman–Crippen MR) is 92.7 cm³/mol. The standard InChI is InChI=1S/C16H28F3N3OS/c1-20-14(21-8-5-10-23-13-16(17,18)19)22-9-11-24-15(12-22)6-3-2-4-7-15/h2-13H2,1H3,(H,20,21). The average Bonchev–Trinajstić information content (AvgIpc) is 2.54. The second-order valence-electron chi connectivity index (χ2n) is 6.51. The van der Waals surface area contributed by atoms with Crippen molar-refractivity contribution >= 4 is 17.7 Å². The summed E-state index contributed by atoms with van der Waals surface area (Å²) >= 11 is 2.10. The van der Waals surface area contributed by atoms with E-state index in [1.165, 1.54) is 32.1 Å². The highest BCUT2D eigenvalue weighted by Crippen LogP contribution is 2.42. The van der Waals surface area contributed by atoms with Crippen molar-refractivity contribution in [3.8, 4) is 0 Å². The van der Waals surface area contributed by atoms with Crippen LogP contribution < -0.4 is 5.32 Å². The summed E-state index contributed by atoms with van der Waals surface area (Å²) in [6.45, 7) is 1.48. The molecule has 1 N–H and O–H groups in total. The maximum atomic E-state index is 12.0. The molecule has 1 aliphatic carbocycles. The number of ether oxygens (including phenoxy) is 1. The number of nitrogens with zero attached hydrogens (tertiary/aromatic N) is 2. The Morgan fingerprint density at radius 1 is 1.29 bits per heavy atom. The lowest BCUT2D eigenvalue weighted by molar-refractivity contribution is -0.173. The van der Waals surface area contributed by atoms with Crippen molar-refractivity contribution in [3.63, 3.8) is 0 Å². The molecule has 0 radical (unpaired) electrons. The van der Waals surface area contributed by atoms with Gasteiger partial charge in [-0.25, -0.2) is 0 Å². The smallest absolute Gasteiger partial charge is 0.372 e. The van der Waals surface area contributed by atoms with Gasteiger partial charge in [0.25, 0.3) is 0 Å². The van der Waals surface area contributed by atoms with Crippen LogP contribution in [0.4, 0.5) is 13.2 Å².